The van der Waals surface area contributed by atoms with E-state index in [2.05, 4.69) is 5.10 Å². The molecule has 1 aromatic heterocycles. The summed E-state index contributed by atoms with van der Waals surface area (Å²) in [7, 11) is -2.00. The molecule has 0 fully saturated rings. The van der Waals surface area contributed by atoms with Gasteiger partial charge in [-0.2, -0.15) is 9.78 Å². The molecule has 0 spiro atoms. The van der Waals surface area contributed by atoms with Crippen molar-refractivity contribution in [2.24, 2.45) is 0 Å². The SMILES string of the molecule is CC(C)S(=O)(=O)N(C)c1cccc(-c2nn(-c3ccc(F)cc3)c(=O)c3ccccc23)c1. The van der Waals surface area contributed by atoms with E-state index < -0.39 is 21.1 Å². The molecule has 0 radical (unpaired) electrons. The third-order valence-corrected chi connectivity index (χ3v) is 7.50. The number of halogens is 1. The minimum absolute atomic E-state index is 0.327. The standard InChI is InChI=1S/C24H22FN3O3S/c1-16(2)32(30,31)27(3)20-8-6-7-17(15-20)23-21-9-4-5-10-22(21)24(29)28(26-23)19-13-11-18(25)12-14-19/h4-16H,1-3H3. The molecule has 32 heavy (non-hydrogen) atoms. The summed E-state index contributed by atoms with van der Waals surface area (Å²) in [6.07, 6.45) is 0. The Bertz CT molecular complexity index is 1460. The minimum Gasteiger partial charge on any atom is -0.273 e. The Morgan fingerprint density at radius 3 is 2.25 bits per heavy atom. The van der Waals surface area contributed by atoms with Crippen LogP contribution >= 0.6 is 0 Å². The first-order chi connectivity index (χ1) is 15.2. The molecule has 0 bridgehead atoms. The van der Waals surface area contributed by atoms with E-state index in [-0.39, 0.29) is 5.56 Å². The van der Waals surface area contributed by atoms with E-state index >= 15 is 0 Å². The second kappa shape index (κ2) is 8.20. The summed E-state index contributed by atoms with van der Waals surface area (Å²) in [4.78, 5) is 13.1. The number of nitrogens with zero attached hydrogens (tertiary/aromatic N) is 3. The fourth-order valence-electron chi connectivity index (χ4n) is 3.47. The van der Waals surface area contributed by atoms with Crippen LogP contribution in [0.3, 0.4) is 0 Å². The lowest BCUT2D eigenvalue weighted by Gasteiger charge is -2.22. The molecule has 0 N–H and O–H groups in total. The number of sulfonamides is 1. The van der Waals surface area contributed by atoms with Crippen molar-refractivity contribution < 1.29 is 12.8 Å². The molecule has 6 nitrogen and oxygen atoms in total. The van der Waals surface area contributed by atoms with E-state index in [1.54, 1.807) is 50.2 Å². The third kappa shape index (κ3) is 3.78. The lowest BCUT2D eigenvalue weighted by atomic mass is 10.0. The van der Waals surface area contributed by atoms with Gasteiger partial charge in [-0.3, -0.25) is 9.10 Å². The number of hydrogen-bond acceptors (Lipinski definition) is 4. The predicted octanol–water partition coefficient (Wildman–Crippen LogP) is 4.37. The fraction of sp³-hybridized carbons (Fsp3) is 0.167. The molecule has 0 unspecified atom stereocenters. The average Bonchev–Trinajstić information content (AvgIpc) is 2.79. The van der Waals surface area contributed by atoms with Gasteiger partial charge in [0.05, 0.1) is 27.7 Å². The number of benzene rings is 3. The van der Waals surface area contributed by atoms with E-state index in [9.17, 15) is 17.6 Å². The van der Waals surface area contributed by atoms with Crippen LogP contribution in [0.5, 0.6) is 0 Å². The third-order valence-electron chi connectivity index (χ3n) is 5.34. The summed E-state index contributed by atoms with van der Waals surface area (Å²) in [5.74, 6) is -0.412. The summed E-state index contributed by atoms with van der Waals surface area (Å²) in [6, 6.07) is 19.6. The first kappa shape index (κ1) is 21.7. The first-order valence-corrected chi connectivity index (χ1v) is 11.6. The Hall–Kier alpha value is -3.52. The van der Waals surface area contributed by atoms with Crippen molar-refractivity contribution in [3.8, 4) is 16.9 Å². The van der Waals surface area contributed by atoms with Crippen molar-refractivity contribution >= 4 is 26.5 Å². The number of anilines is 1. The van der Waals surface area contributed by atoms with E-state index in [0.717, 1.165) is 0 Å². The van der Waals surface area contributed by atoms with Crippen LogP contribution in [-0.2, 0) is 10.0 Å². The molecule has 0 saturated carbocycles. The minimum atomic E-state index is -3.51. The second-order valence-corrected chi connectivity index (χ2v) is 10.2. The van der Waals surface area contributed by atoms with Crippen LogP contribution in [-0.4, -0.2) is 30.5 Å². The van der Waals surface area contributed by atoms with Crippen molar-refractivity contribution in [2.45, 2.75) is 19.1 Å². The number of hydrogen-bond donors (Lipinski definition) is 0. The van der Waals surface area contributed by atoms with Crippen molar-refractivity contribution in [1.82, 2.24) is 9.78 Å². The summed E-state index contributed by atoms with van der Waals surface area (Å²) in [5.41, 5.74) is 1.76. The van der Waals surface area contributed by atoms with E-state index in [0.29, 0.717) is 33.4 Å². The van der Waals surface area contributed by atoms with Crippen LogP contribution < -0.4 is 9.86 Å². The van der Waals surface area contributed by atoms with Gasteiger partial charge in [-0.15, -0.1) is 0 Å². The van der Waals surface area contributed by atoms with Gasteiger partial charge in [-0.25, -0.2) is 12.8 Å². The lowest BCUT2D eigenvalue weighted by molar-refractivity contribution is 0.585. The predicted molar refractivity (Wildman–Crippen MR) is 125 cm³/mol. The van der Waals surface area contributed by atoms with Gasteiger partial charge in [-0.1, -0.05) is 30.3 Å². The Morgan fingerprint density at radius 1 is 0.938 bits per heavy atom. The average molecular weight is 452 g/mol. The highest BCUT2D eigenvalue weighted by Crippen LogP contribution is 2.29. The highest BCUT2D eigenvalue weighted by Gasteiger charge is 2.23. The molecular formula is C24H22FN3O3S. The second-order valence-electron chi connectivity index (χ2n) is 7.70. The largest absolute Gasteiger partial charge is 0.279 e. The molecule has 4 rings (SSSR count). The molecule has 4 aromatic rings. The smallest absolute Gasteiger partial charge is 0.273 e. The highest BCUT2D eigenvalue weighted by molar-refractivity contribution is 7.93. The monoisotopic (exact) mass is 451 g/mol. The maximum absolute atomic E-state index is 13.4. The van der Waals surface area contributed by atoms with E-state index in [1.807, 2.05) is 12.1 Å². The normalized spacial score (nSPS) is 11.8. The summed E-state index contributed by atoms with van der Waals surface area (Å²) < 4.78 is 41.2. The van der Waals surface area contributed by atoms with Crippen LogP contribution in [0.2, 0.25) is 0 Å². The topological polar surface area (TPSA) is 72.3 Å². The molecule has 0 amide bonds. The van der Waals surface area contributed by atoms with Gasteiger partial charge in [0.25, 0.3) is 5.56 Å². The molecule has 0 saturated heterocycles. The van der Waals surface area contributed by atoms with Gasteiger partial charge in [-0.05, 0) is 56.3 Å². The maximum atomic E-state index is 13.4. The molecule has 8 heteroatoms. The number of rotatable bonds is 5. The van der Waals surface area contributed by atoms with Crippen molar-refractivity contribution in [2.75, 3.05) is 11.4 Å². The molecule has 3 aromatic carbocycles. The van der Waals surface area contributed by atoms with E-state index in [1.165, 1.54) is 40.3 Å². The van der Waals surface area contributed by atoms with Gasteiger partial charge in [0.2, 0.25) is 10.0 Å². The molecule has 0 aliphatic carbocycles. The zero-order chi connectivity index (χ0) is 23.0. The number of aromatic nitrogens is 2. The first-order valence-electron chi connectivity index (χ1n) is 10.1. The molecule has 0 aliphatic rings. The van der Waals surface area contributed by atoms with Gasteiger partial charge in [0, 0.05) is 18.0 Å². The molecule has 0 atom stereocenters. The quantitative estimate of drug-likeness (QED) is 0.452. The summed E-state index contributed by atoms with van der Waals surface area (Å²) in [5, 5.41) is 5.10. The molecule has 164 valence electrons. The Morgan fingerprint density at radius 2 is 1.59 bits per heavy atom. The Labute approximate surface area is 185 Å². The highest BCUT2D eigenvalue weighted by atomic mass is 32.2. The molecule has 0 aliphatic heterocycles. The van der Waals surface area contributed by atoms with Crippen LogP contribution in [0.1, 0.15) is 13.8 Å². The Balaban J connectivity index is 1.95. The van der Waals surface area contributed by atoms with Crippen molar-refractivity contribution in [3.05, 3.63) is 89.0 Å². The van der Waals surface area contributed by atoms with Gasteiger partial charge >= 0.3 is 0 Å². The van der Waals surface area contributed by atoms with Crippen LogP contribution in [0.25, 0.3) is 27.7 Å². The summed E-state index contributed by atoms with van der Waals surface area (Å²) in [6.45, 7) is 3.26. The molecule has 1 heterocycles. The van der Waals surface area contributed by atoms with Crippen LogP contribution in [0, 0.1) is 5.82 Å². The fourth-order valence-corrected chi connectivity index (χ4v) is 4.51. The lowest BCUT2D eigenvalue weighted by Crippen LogP contribution is -2.33. The van der Waals surface area contributed by atoms with E-state index in [4.69, 9.17) is 0 Å². The van der Waals surface area contributed by atoms with Crippen molar-refractivity contribution in [1.29, 1.82) is 0 Å². The van der Waals surface area contributed by atoms with Gasteiger partial charge in [0.15, 0.2) is 0 Å². The van der Waals surface area contributed by atoms with Gasteiger partial charge < -0.3 is 0 Å². The van der Waals surface area contributed by atoms with Gasteiger partial charge in [0.1, 0.15) is 5.82 Å². The molecular weight excluding hydrogens is 429 g/mol. The number of fused-ring (bicyclic) bond motifs is 1. The van der Waals surface area contributed by atoms with Crippen LogP contribution in [0.4, 0.5) is 10.1 Å². The maximum Gasteiger partial charge on any atom is 0.279 e. The Kier molecular flexibility index (Phi) is 5.56. The van der Waals surface area contributed by atoms with Crippen molar-refractivity contribution in [3.63, 3.8) is 0 Å². The zero-order valence-electron chi connectivity index (χ0n) is 17.9. The summed E-state index contributed by atoms with van der Waals surface area (Å²) >= 11 is 0. The van der Waals surface area contributed by atoms with Crippen LogP contribution in [0.15, 0.2) is 77.6 Å². The zero-order valence-corrected chi connectivity index (χ0v) is 18.7.